The molecule has 0 amide bonds. The van der Waals surface area contributed by atoms with E-state index in [0.717, 1.165) is 32.7 Å². The van der Waals surface area contributed by atoms with E-state index in [9.17, 15) is 0 Å². The van der Waals surface area contributed by atoms with Gasteiger partial charge in [-0.1, -0.05) is 25.1 Å². The Bertz CT molecular complexity index is 568. The molecule has 0 spiro atoms. The quantitative estimate of drug-likeness (QED) is 0.940. The molecule has 0 saturated carbocycles. The van der Waals surface area contributed by atoms with Gasteiger partial charge in [0, 0.05) is 23.8 Å². The summed E-state index contributed by atoms with van der Waals surface area (Å²) in [6.07, 6.45) is 1.05. The van der Waals surface area contributed by atoms with Gasteiger partial charge < -0.3 is 10.5 Å². The molecule has 0 radical (unpaired) electrons. The van der Waals surface area contributed by atoms with Crippen molar-refractivity contribution in [1.82, 2.24) is 4.90 Å². The lowest BCUT2D eigenvalue weighted by atomic mass is 10.0. The van der Waals surface area contributed by atoms with Gasteiger partial charge in [0.05, 0.1) is 12.7 Å². The molecule has 1 fully saturated rings. The van der Waals surface area contributed by atoms with Crippen LogP contribution in [0.4, 0.5) is 0 Å². The van der Waals surface area contributed by atoms with Crippen LogP contribution in [0.5, 0.6) is 0 Å². The van der Waals surface area contributed by atoms with Gasteiger partial charge >= 0.3 is 0 Å². The topological polar surface area (TPSA) is 38.5 Å². The fourth-order valence-corrected chi connectivity index (χ4v) is 3.83. The van der Waals surface area contributed by atoms with E-state index >= 15 is 0 Å². The Morgan fingerprint density at radius 2 is 2.30 bits per heavy atom. The maximum absolute atomic E-state index is 6.40. The van der Waals surface area contributed by atoms with Gasteiger partial charge in [0.1, 0.15) is 0 Å². The monoisotopic (exact) mass is 290 g/mol. The third-order valence-electron chi connectivity index (χ3n) is 4.12. The zero-order chi connectivity index (χ0) is 13.9. The van der Waals surface area contributed by atoms with Crippen LogP contribution in [0.25, 0.3) is 10.1 Å². The van der Waals surface area contributed by atoms with E-state index in [1.807, 2.05) is 0 Å². The van der Waals surface area contributed by atoms with Crippen LogP contribution in [-0.2, 0) is 11.2 Å². The average molecular weight is 290 g/mol. The minimum absolute atomic E-state index is 0.0716. The first-order valence-corrected chi connectivity index (χ1v) is 8.20. The summed E-state index contributed by atoms with van der Waals surface area (Å²) in [6, 6.07) is 8.62. The maximum atomic E-state index is 6.40. The summed E-state index contributed by atoms with van der Waals surface area (Å²) in [5.74, 6) is 0. The molecule has 2 N–H and O–H groups in total. The Morgan fingerprint density at radius 3 is 3.15 bits per heavy atom. The van der Waals surface area contributed by atoms with Crippen molar-refractivity contribution in [3.63, 3.8) is 0 Å². The standard InChI is InChI=1S/C16H22N2OS/c1-2-18-7-8-19-15(10-18)14(17)9-12-11-20-16-6-4-3-5-13(12)16/h3-6,11,14-15H,2,7-10,17H2,1H3. The fourth-order valence-electron chi connectivity index (χ4n) is 2.85. The predicted octanol–water partition coefficient (Wildman–Crippen LogP) is 2.49. The molecule has 108 valence electrons. The number of nitrogens with two attached hydrogens (primary N) is 1. The first-order valence-electron chi connectivity index (χ1n) is 7.32. The molecular weight excluding hydrogens is 268 g/mol. The molecule has 0 aliphatic carbocycles. The van der Waals surface area contributed by atoms with E-state index < -0.39 is 0 Å². The second kappa shape index (κ2) is 6.22. The Balaban J connectivity index is 1.70. The van der Waals surface area contributed by atoms with Crippen molar-refractivity contribution in [2.45, 2.75) is 25.5 Å². The van der Waals surface area contributed by atoms with Gasteiger partial charge in [-0.15, -0.1) is 11.3 Å². The van der Waals surface area contributed by atoms with Crippen molar-refractivity contribution >= 4 is 21.4 Å². The first-order chi connectivity index (χ1) is 9.78. The number of morpholine rings is 1. The van der Waals surface area contributed by atoms with Crippen LogP contribution in [0.2, 0.25) is 0 Å². The summed E-state index contributed by atoms with van der Waals surface area (Å²) in [4.78, 5) is 2.42. The molecule has 2 unspecified atom stereocenters. The SMILES string of the molecule is CCN1CCOC(C(N)Cc2csc3ccccc23)C1. The van der Waals surface area contributed by atoms with Crippen LogP contribution < -0.4 is 5.73 Å². The smallest absolute Gasteiger partial charge is 0.0856 e. The molecule has 1 aliphatic rings. The molecule has 2 heterocycles. The van der Waals surface area contributed by atoms with Gasteiger partial charge in [0.2, 0.25) is 0 Å². The summed E-state index contributed by atoms with van der Waals surface area (Å²) < 4.78 is 7.21. The normalized spacial score (nSPS) is 22.2. The molecule has 3 nitrogen and oxygen atoms in total. The highest BCUT2D eigenvalue weighted by Gasteiger charge is 2.25. The zero-order valence-corrected chi connectivity index (χ0v) is 12.7. The van der Waals surface area contributed by atoms with E-state index in [2.05, 4.69) is 41.5 Å². The summed E-state index contributed by atoms with van der Waals surface area (Å²) in [5.41, 5.74) is 7.76. The summed E-state index contributed by atoms with van der Waals surface area (Å²) in [5, 5.41) is 3.58. The van der Waals surface area contributed by atoms with Crippen molar-refractivity contribution in [1.29, 1.82) is 0 Å². The Morgan fingerprint density at radius 1 is 1.45 bits per heavy atom. The van der Waals surface area contributed by atoms with Crippen LogP contribution in [0.15, 0.2) is 29.6 Å². The van der Waals surface area contributed by atoms with Crippen LogP contribution in [0, 0.1) is 0 Å². The van der Waals surface area contributed by atoms with E-state index in [0.29, 0.717) is 0 Å². The molecular formula is C16H22N2OS. The summed E-state index contributed by atoms with van der Waals surface area (Å²) >= 11 is 1.80. The number of likely N-dealkylation sites (N-methyl/N-ethyl adjacent to an activating group) is 1. The number of benzene rings is 1. The van der Waals surface area contributed by atoms with Crippen molar-refractivity contribution < 1.29 is 4.74 Å². The predicted molar refractivity (Wildman–Crippen MR) is 85.4 cm³/mol. The highest BCUT2D eigenvalue weighted by Crippen LogP contribution is 2.27. The van der Waals surface area contributed by atoms with Gasteiger partial charge in [-0.3, -0.25) is 4.90 Å². The molecule has 1 aromatic carbocycles. The maximum Gasteiger partial charge on any atom is 0.0856 e. The van der Waals surface area contributed by atoms with Crippen molar-refractivity contribution in [3.8, 4) is 0 Å². The van der Waals surface area contributed by atoms with Crippen LogP contribution in [0.3, 0.4) is 0 Å². The number of rotatable bonds is 4. The number of hydrogen-bond acceptors (Lipinski definition) is 4. The molecule has 4 heteroatoms. The van der Waals surface area contributed by atoms with Gasteiger partial charge in [-0.05, 0) is 35.4 Å². The number of hydrogen-bond donors (Lipinski definition) is 1. The molecule has 3 rings (SSSR count). The van der Waals surface area contributed by atoms with E-state index in [4.69, 9.17) is 10.5 Å². The summed E-state index contributed by atoms with van der Waals surface area (Å²) in [6.45, 7) is 6.06. The Kier molecular flexibility index (Phi) is 4.36. The second-order valence-corrected chi connectivity index (χ2v) is 6.34. The lowest BCUT2D eigenvalue weighted by molar-refractivity contribution is -0.0385. The molecule has 2 aromatic rings. The minimum Gasteiger partial charge on any atom is -0.374 e. The van der Waals surface area contributed by atoms with Crippen molar-refractivity contribution in [3.05, 3.63) is 35.2 Å². The number of thiophene rings is 1. The number of ether oxygens (including phenoxy) is 1. The molecule has 20 heavy (non-hydrogen) atoms. The van der Waals surface area contributed by atoms with Gasteiger partial charge in [-0.25, -0.2) is 0 Å². The molecule has 0 bridgehead atoms. The largest absolute Gasteiger partial charge is 0.374 e. The highest BCUT2D eigenvalue weighted by molar-refractivity contribution is 7.17. The van der Waals surface area contributed by atoms with Crippen LogP contribution in [-0.4, -0.2) is 43.3 Å². The lowest BCUT2D eigenvalue weighted by Crippen LogP contribution is -2.51. The first kappa shape index (κ1) is 14.0. The molecule has 1 aliphatic heterocycles. The Hall–Kier alpha value is -0.940. The lowest BCUT2D eigenvalue weighted by Gasteiger charge is -2.35. The van der Waals surface area contributed by atoms with E-state index in [1.54, 1.807) is 11.3 Å². The fraction of sp³-hybridized carbons (Fsp3) is 0.500. The van der Waals surface area contributed by atoms with Gasteiger partial charge in [0.15, 0.2) is 0 Å². The third kappa shape index (κ3) is 2.88. The van der Waals surface area contributed by atoms with E-state index in [1.165, 1.54) is 15.6 Å². The van der Waals surface area contributed by atoms with Crippen LogP contribution >= 0.6 is 11.3 Å². The second-order valence-electron chi connectivity index (χ2n) is 5.43. The van der Waals surface area contributed by atoms with Gasteiger partial charge in [0.25, 0.3) is 0 Å². The average Bonchev–Trinajstić information content (AvgIpc) is 2.90. The van der Waals surface area contributed by atoms with Crippen molar-refractivity contribution in [2.75, 3.05) is 26.2 Å². The van der Waals surface area contributed by atoms with Crippen molar-refractivity contribution in [2.24, 2.45) is 5.73 Å². The molecule has 2 atom stereocenters. The minimum atomic E-state index is 0.0716. The molecule has 1 saturated heterocycles. The van der Waals surface area contributed by atoms with E-state index in [-0.39, 0.29) is 12.1 Å². The Labute approximate surface area is 124 Å². The number of nitrogens with zero attached hydrogens (tertiary/aromatic N) is 1. The zero-order valence-electron chi connectivity index (χ0n) is 11.9. The third-order valence-corrected chi connectivity index (χ3v) is 5.13. The highest BCUT2D eigenvalue weighted by atomic mass is 32.1. The molecule has 1 aromatic heterocycles. The van der Waals surface area contributed by atoms with Gasteiger partial charge in [-0.2, -0.15) is 0 Å². The number of fused-ring (bicyclic) bond motifs is 1. The summed E-state index contributed by atoms with van der Waals surface area (Å²) in [7, 11) is 0. The van der Waals surface area contributed by atoms with Crippen LogP contribution in [0.1, 0.15) is 12.5 Å².